The Morgan fingerprint density at radius 2 is 2.25 bits per heavy atom. The molecule has 1 aliphatic heterocycles. The molecule has 2 heterocycles. The van der Waals surface area contributed by atoms with E-state index in [0.717, 1.165) is 19.4 Å². The van der Waals surface area contributed by atoms with Gasteiger partial charge in [-0.25, -0.2) is 13.1 Å². The van der Waals surface area contributed by atoms with E-state index < -0.39 is 10.0 Å². The summed E-state index contributed by atoms with van der Waals surface area (Å²) in [6.45, 7) is 1.55. The van der Waals surface area contributed by atoms with Crippen molar-refractivity contribution in [3.8, 4) is 0 Å². The molecular weight excluding hydrogens is 280 g/mol. The number of aromatic nitrogens is 1. The summed E-state index contributed by atoms with van der Waals surface area (Å²) < 4.78 is 28.8. The van der Waals surface area contributed by atoms with Crippen LogP contribution in [-0.4, -0.2) is 45.1 Å². The molecule has 2 rings (SSSR count). The fourth-order valence-corrected chi connectivity index (χ4v) is 3.61. The maximum atomic E-state index is 12.3. The second-order valence-corrected chi connectivity index (χ2v) is 6.63. The van der Waals surface area contributed by atoms with Crippen molar-refractivity contribution < 1.29 is 13.2 Å². The second-order valence-electron chi connectivity index (χ2n) is 4.92. The molecule has 0 saturated carbocycles. The molecule has 1 unspecified atom stereocenters. The highest BCUT2D eigenvalue weighted by molar-refractivity contribution is 7.89. The molecule has 20 heavy (non-hydrogen) atoms. The molecule has 1 aliphatic rings. The monoisotopic (exact) mass is 300 g/mol. The lowest BCUT2D eigenvalue weighted by Crippen LogP contribution is -2.45. The molecule has 7 nitrogen and oxygen atoms in total. The molecule has 1 aromatic rings. The van der Waals surface area contributed by atoms with E-state index in [2.05, 4.69) is 15.4 Å². The predicted molar refractivity (Wildman–Crippen MR) is 75.0 cm³/mol. The first kappa shape index (κ1) is 15.0. The van der Waals surface area contributed by atoms with E-state index in [0.29, 0.717) is 12.2 Å². The quantitative estimate of drug-likeness (QED) is 0.693. The topological polar surface area (TPSA) is 92.2 Å². The number of hydrogen-bond acceptors (Lipinski definition) is 4. The van der Waals surface area contributed by atoms with Crippen LogP contribution < -0.4 is 15.4 Å². The van der Waals surface area contributed by atoms with Crippen LogP contribution in [0.25, 0.3) is 0 Å². The first-order chi connectivity index (χ1) is 9.44. The SMILES string of the molecule is CNC(=O)c1cc(S(=O)(=O)NC2CCCNC2)cn1C. The molecular formula is C12H20N4O3S. The van der Waals surface area contributed by atoms with Crippen LogP contribution >= 0.6 is 0 Å². The summed E-state index contributed by atoms with van der Waals surface area (Å²) in [5.74, 6) is -0.312. The van der Waals surface area contributed by atoms with Crippen LogP contribution in [0.15, 0.2) is 17.2 Å². The summed E-state index contributed by atoms with van der Waals surface area (Å²) in [5.41, 5.74) is 0.314. The Labute approximate surface area is 118 Å². The number of nitrogens with zero attached hydrogens (tertiary/aromatic N) is 1. The van der Waals surface area contributed by atoms with Crippen molar-refractivity contribution in [3.05, 3.63) is 18.0 Å². The molecule has 0 bridgehead atoms. The van der Waals surface area contributed by atoms with Crippen LogP contribution in [0.2, 0.25) is 0 Å². The number of aryl methyl sites for hydroxylation is 1. The molecule has 0 aromatic carbocycles. The first-order valence-electron chi connectivity index (χ1n) is 6.55. The Morgan fingerprint density at radius 1 is 1.50 bits per heavy atom. The summed E-state index contributed by atoms with van der Waals surface area (Å²) >= 11 is 0. The van der Waals surface area contributed by atoms with Gasteiger partial charge in [-0.15, -0.1) is 0 Å². The number of nitrogens with one attached hydrogen (secondary N) is 3. The van der Waals surface area contributed by atoms with Crippen LogP contribution in [-0.2, 0) is 17.1 Å². The number of carbonyl (C=O) groups is 1. The molecule has 1 saturated heterocycles. The number of rotatable bonds is 4. The van der Waals surface area contributed by atoms with Gasteiger partial charge in [0.15, 0.2) is 0 Å². The Hall–Kier alpha value is -1.38. The molecule has 1 fully saturated rings. The van der Waals surface area contributed by atoms with E-state index in [-0.39, 0.29) is 16.8 Å². The van der Waals surface area contributed by atoms with E-state index in [4.69, 9.17) is 0 Å². The highest BCUT2D eigenvalue weighted by atomic mass is 32.2. The van der Waals surface area contributed by atoms with Crippen molar-refractivity contribution >= 4 is 15.9 Å². The fraction of sp³-hybridized carbons (Fsp3) is 0.583. The van der Waals surface area contributed by atoms with E-state index in [1.54, 1.807) is 7.05 Å². The third-order valence-corrected chi connectivity index (χ3v) is 4.86. The molecule has 1 amide bonds. The first-order valence-corrected chi connectivity index (χ1v) is 8.04. The van der Waals surface area contributed by atoms with Gasteiger partial charge in [-0.2, -0.15) is 0 Å². The Morgan fingerprint density at radius 3 is 2.85 bits per heavy atom. The van der Waals surface area contributed by atoms with Crippen molar-refractivity contribution in [2.45, 2.75) is 23.8 Å². The Bertz CT molecular complexity index is 588. The number of hydrogen-bond donors (Lipinski definition) is 3. The van der Waals surface area contributed by atoms with Crippen LogP contribution in [0.1, 0.15) is 23.3 Å². The Balaban J connectivity index is 2.19. The van der Waals surface area contributed by atoms with Gasteiger partial charge >= 0.3 is 0 Å². The van der Waals surface area contributed by atoms with E-state index in [9.17, 15) is 13.2 Å². The lowest BCUT2D eigenvalue weighted by molar-refractivity contribution is 0.0955. The van der Waals surface area contributed by atoms with Gasteiger partial charge in [0.2, 0.25) is 10.0 Å². The summed E-state index contributed by atoms with van der Waals surface area (Å²) in [7, 11) is -0.440. The van der Waals surface area contributed by atoms with Crippen molar-refractivity contribution in [1.29, 1.82) is 0 Å². The van der Waals surface area contributed by atoms with Gasteiger partial charge in [-0.05, 0) is 25.5 Å². The van der Waals surface area contributed by atoms with Crippen molar-refractivity contribution in [2.24, 2.45) is 7.05 Å². The molecule has 1 atom stereocenters. The maximum absolute atomic E-state index is 12.3. The third-order valence-electron chi connectivity index (χ3n) is 3.37. The highest BCUT2D eigenvalue weighted by Crippen LogP contribution is 2.15. The minimum atomic E-state index is -3.59. The van der Waals surface area contributed by atoms with Crippen molar-refractivity contribution in [2.75, 3.05) is 20.1 Å². The minimum absolute atomic E-state index is 0.0996. The molecule has 0 radical (unpaired) electrons. The van der Waals surface area contributed by atoms with Crippen molar-refractivity contribution in [3.63, 3.8) is 0 Å². The zero-order valence-electron chi connectivity index (χ0n) is 11.6. The van der Waals surface area contributed by atoms with Gasteiger partial charge in [-0.1, -0.05) is 0 Å². The van der Waals surface area contributed by atoms with Crippen LogP contribution in [0.4, 0.5) is 0 Å². The van der Waals surface area contributed by atoms with Crippen LogP contribution in [0.5, 0.6) is 0 Å². The predicted octanol–water partition coefficient (Wildman–Crippen LogP) is -0.585. The Kier molecular flexibility index (Phi) is 4.46. The van der Waals surface area contributed by atoms with E-state index in [1.165, 1.54) is 23.9 Å². The zero-order chi connectivity index (χ0) is 14.8. The minimum Gasteiger partial charge on any atom is -0.354 e. The zero-order valence-corrected chi connectivity index (χ0v) is 12.5. The summed E-state index contributed by atoms with van der Waals surface area (Å²) in [5, 5.41) is 5.64. The summed E-state index contributed by atoms with van der Waals surface area (Å²) in [4.78, 5) is 11.7. The average molecular weight is 300 g/mol. The molecule has 8 heteroatoms. The van der Waals surface area contributed by atoms with Crippen molar-refractivity contribution in [1.82, 2.24) is 19.9 Å². The lowest BCUT2D eigenvalue weighted by Gasteiger charge is -2.23. The standard InChI is InChI=1S/C12H20N4O3S/c1-13-12(17)11-6-10(8-16(11)2)20(18,19)15-9-4-3-5-14-7-9/h6,8-9,14-15H,3-5,7H2,1-2H3,(H,13,17). The van der Waals surface area contributed by atoms with Gasteiger partial charge < -0.3 is 15.2 Å². The largest absolute Gasteiger partial charge is 0.354 e. The van der Waals surface area contributed by atoms with E-state index >= 15 is 0 Å². The lowest BCUT2D eigenvalue weighted by atomic mass is 10.1. The summed E-state index contributed by atoms with van der Waals surface area (Å²) in [6, 6.07) is 1.29. The fourth-order valence-electron chi connectivity index (χ4n) is 2.27. The van der Waals surface area contributed by atoms with Gasteiger partial charge in [0, 0.05) is 32.9 Å². The number of amides is 1. The van der Waals surface area contributed by atoms with Gasteiger partial charge in [0.25, 0.3) is 5.91 Å². The van der Waals surface area contributed by atoms with E-state index in [1.807, 2.05) is 0 Å². The molecule has 1 aromatic heterocycles. The highest BCUT2D eigenvalue weighted by Gasteiger charge is 2.24. The average Bonchev–Trinajstić information content (AvgIpc) is 2.81. The van der Waals surface area contributed by atoms with Gasteiger partial charge in [0.1, 0.15) is 10.6 Å². The second kappa shape index (κ2) is 5.94. The molecule has 112 valence electrons. The maximum Gasteiger partial charge on any atom is 0.267 e. The number of carbonyl (C=O) groups excluding carboxylic acids is 1. The van der Waals surface area contributed by atoms with Gasteiger partial charge in [0.05, 0.1) is 0 Å². The smallest absolute Gasteiger partial charge is 0.267 e. The summed E-state index contributed by atoms with van der Waals surface area (Å²) in [6.07, 6.45) is 3.22. The molecule has 0 aliphatic carbocycles. The van der Waals surface area contributed by atoms with Crippen LogP contribution in [0, 0.1) is 0 Å². The third kappa shape index (κ3) is 3.20. The van der Waals surface area contributed by atoms with Gasteiger partial charge in [-0.3, -0.25) is 4.79 Å². The number of sulfonamides is 1. The van der Waals surface area contributed by atoms with Crippen LogP contribution in [0.3, 0.4) is 0 Å². The molecule has 0 spiro atoms. The normalized spacial score (nSPS) is 19.8. The molecule has 3 N–H and O–H groups in total. The number of piperidine rings is 1.